The first-order chi connectivity index (χ1) is 15.0. The van der Waals surface area contributed by atoms with Gasteiger partial charge in [-0.25, -0.2) is 4.98 Å². The van der Waals surface area contributed by atoms with E-state index in [0.717, 1.165) is 35.3 Å². The molecule has 31 heavy (non-hydrogen) atoms. The predicted octanol–water partition coefficient (Wildman–Crippen LogP) is 3.65. The molecule has 2 atom stereocenters. The molecule has 1 aliphatic heterocycles. The molecule has 6 nitrogen and oxygen atoms in total. The number of hydrogen-bond donors (Lipinski definition) is 2. The number of piperidine rings is 1. The fourth-order valence-corrected chi connectivity index (χ4v) is 4.28. The number of aromatic amines is 1. The molecule has 0 radical (unpaired) electrons. The molecule has 0 spiro atoms. The normalized spacial score (nSPS) is 17.6. The molecule has 0 aliphatic carbocycles. The average Bonchev–Trinajstić information content (AvgIpc) is 3.22. The first-order valence-corrected chi connectivity index (χ1v) is 11.1. The largest absolute Gasteiger partial charge is 0.344 e. The third kappa shape index (κ3) is 4.95. The summed E-state index contributed by atoms with van der Waals surface area (Å²) in [5.74, 6) is 1.01. The Kier molecular flexibility index (Phi) is 6.35. The van der Waals surface area contributed by atoms with Crippen LogP contribution in [-0.4, -0.2) is 45.8 Å². The number of rotatable bonds is 6. The minimum absolute atomic E-state index is 0.00257. The number of aromatic nitrogens is 2. The Morgan fingerprint density at radius 3 is 2.61 bits per heavy atom. The van der Waals surface area contributed by atoms with Gasteiger partial charge in [-0.15, -0.1) is 0 Å². The number of benzene rings is 2. The Morgan fingerprint density at radius 1 is 1.13 bits per heavy atom. The summed E-state index contributed by atoms with van der Waals surface area (Å²) < 4.78 is 0. The molecule has 2 amide bonds. The lowest BCUT2D eigenvalue weighted by molar-refractivity contribution is -0.138. The van der Waals surface area contributed by atoms with Crippen molar-refractivity contribution in [2.75, 3.05) is 13.1 Å². The Morgan fingerprint density at radius 2 is 1.87 bits per heavy atom. The van der Waals surface area contributed by atoms with Crippen LogP contribution in [0.4, 0.5) is 0 Å². The van der Waals surface area contributed by atoms with Crippen molar-refractivity contribution in [3.05, 3.63) is 66.0 Å². The lowest BCUT2D eigenvalue weighted by Gasteiger charge is -2.35. The molecule has 162 valence electrons. The number of fused-ring (bicyclic) bond motifs is 1. The van der Waals surface area contributed by atoms with Crippen LogP contribution in [0.15, 0.2) is 54.6 Å². The van der Waals surface area contributed by atoms with Gasteiger partial charge in [0.1, 0.15) is 11.9 Å². The van der Waals surface area contributed by atoms with Crippen LogP contribution in [0.5, 0.6) is 0 Å². The molecule has 0 saturated carbocycles. The monoisotopic (exact) mass is 418 g/mol. The maximum Gasteiger partial charge on any atom is 0.245 e. The van der Waals surface area contributed by atoms with E-state index in [9.17, 15) is 9.59 Å². The number of likely N-dealkylation sites (tertiary alicyclic amines) is 1. The molecular formula is C25H30N4O2. The van der Waals surface area contributed by atoms with Gasteiger partial charge in [-0.2, -0.15) is 0 Å². The van der Waals surface area contributed by atoms with Crippen LogP contribution in [0.25, 0.3) is 11.0 Å². The number of hydrogen-bond acceptors (Lipinski definition) is 3. The molecule has 2 heterocycles. The third-order valence-corrected chi connectivity index (χ3v) is 5.98. The zero-order valence-corrected chi connectivity index (χ0v) is 18.2. The predicted molar refractivity (Wildman–Crippen MR) is 122 cm³/mol. The molecule has 1 aliphatic rings. The second kappa shape index (κ2) is 9.33. The van der Waals surface area contributed by atoms with Gasteiger partial charge in [-0.1, -0.05) is 56.3 Å². The minimum atomic E-state index is -0.523. The Hall–Kier alpha value is -3.15. The summed E-state index contributed by atoms with van der Waals surface area (Å²) in [5.41, 5.74) is 2.92. The second-order valence-corrected chi connectivity index (χ2v) is 8.71. The van der Waals surface area contributed by atoms with Gasteiger partial charge in [-0.3, -0.25) is 9.59 Å². The van der Waals surface area contributed by atoms with Crippen molar-refractivity contribution in [2.24, 2.45) is 5.92 Å². The van der Waals surface area contributed by atoms with Gasteiger partial charge in [0.15, 0.2) is 0 Å². The summed E-state index contributed by atoms with van der Waals surface area (Å²) in [7, 11) is 0. The number of carbonyl (C=O) groups excluding carboxylic acids is 2. The van der Waals surface area contributed by atoms with E-state index >= 15 is 0 Å². The summed E-state index contributed by atoms with van der Waals surface area (Å²) in [6.07, 6.45) is 2.20. The maximum absolute atomic E-state index is 13.4. The summed E-state index contributed by atoms with van der Waals surface area (Å²) in [6, 6.07) is 17.1. The van der Waals surface area contributed by atoms with Crippen molar-refractivity contribution in [1.82, 2.24) is 20.2 Å². The van der Waals surface area contributed by atoms with E-state index < -0.39 is 6.04 Å². The van der Waals surface area contributed by atoms with Crippen LogP contribution in [0, 0.1) is 5.92 Å². The third-order valence-electron chi connectivity index (χ3n) is 5.98. The number of carbonyl (C=O) groups is 2. The molecule has 2 unspecified atom stereocenters. The number of amides is 2. The zero-order chi connectivity index (χ0) is 21.8. The van der Waals surface area contributed by atoms with Gasteiger partial charge in [0.25, 0.3) is 0 Å². The fourth-order valence-electron chi connectivity index (χ4n) is 4.28. The topological polar surface area (TPSA) is 78.1 Å². The van der Waals surface area contributed by atoms with Crippen molar-refractivity contribution >= 4 is 22.8 Å². The van der Waals surface area contributed by atoms with Crippen molar-refractivity contribution in [2.45, 2.75) is 45.1 Å². The average molecular weight is 419 g/mol. The van der Waals surface area contributed by atoms with Crippen molar-refractivity contribution in [3.63, 3.8) is 0 Å². The van der Waals surface area contributed by atoms with E-state index in [0.29, 0.717) is 13.1 Å². The molecule has 1 aromatic heterocycles. The van der Waals surface area contributed by atoms with Gasteiger partial charge >= 0.3 is 0 Å². The maximum atomic E-state index is 13.4. The number of para-hydroxylation sites is 2. The van der Waals surface area contributed by atoms with Gasteiger partial charge in [0, 0.05) is 19.0 Å². The molecular weight excluding hydrogens is 388 g/mol. The van der Waals surface area contributed by atoms with E-state index in [1.165, 1.54) is 0 Å². The highest BCUT2D eigenvalue weighted by molar-refractivity contribution is 5.88. The minimum Gasteiger partial charge on any atom is -0.344 e. The molecule has 3 aromatic rings. The van der Waals surface area contributed by atoms with Crippen LogP contribution in [0.3, 0.4) is 0 Å². The second-order valence-electron chi connectivity index (χ2n) is 8.71. The van der Waals surface area contributed by atoms with Crippen LogP contribution < -0.4 is 5.32 Å². The summed E-state index contributed by atoms with van der Waals surface area (Å²) in [6.45, 7) is 5.29. The van der Waals surface area contributed by atoms with Crippen LogP contribution in [0.1, 0.15) is 44.0 Å². The lowest BCUT2D eigenvalue weighted by atomic mass is 9.95. The number of nitrogens with zero attached hydrogens (tertiary/aromatic N) is 2. The smallest absolute Gasteiger partial charge is 0.245 e. The van der Waals surface area contributed by atoms with Crippen molar-refractivity contribution in [1.29, 1.82) is 0 Å². The van der Waals surface area contributed by atoms with E-state index in [2.05, 4.69) is 10.3 Å². The SMILES string of the molecule is CC(C)C(NC(=O)Cc1ccccc1)C(=O)N1CCCC(c2nc3ccccc3[nH]2)C1. The highest BCUT2D eigenvalue weighted by Crippen LogP contribution is 2.27. The Bertz CT molecular complexity index is 1010. The summed E-state index contributed by atoms with van der Waals surface area (Å²) >= 11 is 0. The molecule has 2 N–H and O–H groups in total. The standard InChI is InChI=1S/C25H30N4O2/c1-17(2)23(28-22(30)15-18-9-4-3-5-10-18)25(31)29-14-8-11-19(16-29)24-26-20-12-6-7-13-21(20)27-24/h3-7,9-10,12-13,17,19,23H,8,11,14-16H2,1-2H3,(H,26,27)(H,28,30). The number of H-pyrrole nitrogens is 1. The highest BCUT2D eigenvalue weighted by Gasteiger charge is 2.33. The van der Waals surface area contributed by atoms with Crippen LogP contribution >= 0.6 is 0 Å². The first-order valence-electron chi connectivity index (χ1n) is 11.1. The van der Waals surface area contributed by atoms with E-state index in [1.807, 2.05) is 73.3 Å². The quantitative estimate of drug-likeness (QED) is 0.641. The first kappa shape index (κ1) is 21.1. The Balaban J connectivity index is 1.43. The van der Waals surface area contributed by atoms with Gasteiger partial charge in [0.05, 0.1) is 17.5 Å². The van der Waals surface area contributed by atoms with E-state index in [-0.39, 0.29) is 30.1 Å². The summed E-state index contributed by atoms with van der Waals surface area (Å²) in [4.78, 5) is 36.0. The Labute approximate surface area is 183 Å². The lowest BCUT2D eigenvalue weighted by Crippen LogP contribution is -2.53. The van der Waals surface area contributed by atoms with Gasteiger partial charge in [-0.05, 0) is 36.5 Å². The highest BCUT2D eigenvalue weighted by atomic mass is 16.2. The fraction of sp³-hybridized carbons (Fsp3) is 0.400. The van der Waals surface area contributed by atoms with Crippen LogP contribution in [-0.2, 0) is 16.0 Å². The molecule has 4 rings (SSSR count). The molecule has 1 saturated heterocycles. The molecule has 6 heteroatoms. The van der Waals surface area contributed by atoms with Crippen molar-refractivity contribution < 1.29 is 9.59 Å². The number of nitrogens with one attached hydrogen (secondary N) is 2. The van der Waals surface area contributed by atoms with Crippen molar-refractivity contribution in [3.8, 4) is 0 Å². The molecule has 1 fully saturated rings. The molecule has 2 aromatic carbocycles. The number of imidazole rings is 1. The molecule has 0 bridgehead atoms. The van der Waals surface area contributed by atoms with E-state index in [4.69, 9.17) is 4.98 Å². The van der Waals surface area contributed by atoms with Gasteiger partial charge < -0.3 is 15.2 Å². The van der Waals surface area contributed by atoms with E-state index in [1.54, 1.807) is 0 Å². The van der Waals surface area contributed by atoms with Gasteiger partial charge in [0.2, 0.25) is 11.8 Å². The summed E-state index contributed by atoms with van der Waals surface area (Å²) in [5, 5.41) is 2.98. The van der Waals surface area contributed by atoms with Crippen LogP contribution in [0.2, 0.25) is 0 Å². The zero-order valence-electron chi connectivity index (χ0n) is 18.2.